The van der Waals surface area contributed by atoms with Gasteiger partial charge in [0.2, 0.25) is 0 Å². The Morgan fingerprint density at radius 2 is 1.88 bits per heavy atom. The number of hydrogen-bond acceptors (Lipinski definition) is 5. The van der Waals surface area contributed by atoms with Gasteiger partial charge in [-0.3, -0.25) is 9.48 Å². The van der Waals surface area contributed by atoms with Crippen LogP contribution >= 0.6 is 0 Å². The summed E-state index contributed by atoms with van der Waals surface area (Å²) in [5.74, 6) is 1.08. The van der Waals surface area contributed by atoms with Crippen molar-refractivity contribution in [2.75, 3.05) is 5.32 Å². The van der Waals surface area contributed by atoms with E-state index in [1.807, 2.05) is 53.4 Å². The molecule has 0 aliphatic rings. The van der Waals surface area contributed by atoms with Gasteiger partial charge in [-0.25, -0.2) is 4.68 Å². The van der Waals surface area contributed by atoms with E-state index in [-0.39, 0.29) is 5.91 Å². The van der Waals surface area contributed by atoms with E-state index in [0.29, 0.717) is 22.9 Å². The molecule has 1 amide bonds. The number of carbonyl (C=O) groups is 1. The predicted molar refractivity (Wildman–Crippen MR) is 94.7 cm³/mol. The van der Waals surface area contributed by atoms with Crippen molar-refractivity contribution in [3.63, 3.8) is 0 Å². The van der Waals surface area contributed by atoms with Crippen molar-refractivity contribution < 1.29 is 4.79 Å². The molecule has 3 heterocycles. The molecule has 26 heavy (non-hydrogen) atoms. The second-order valence-corrected chi connectivity index (χ2v) is 5.76. The number of aryl methyl sites for hydroxylation is 2. The number of nitrogens with one attached hydrogen (secondary N) is 1. The summed E-state index contributed by atoms with van der Waals surface area (Å²) in [4.78, 5) is 12.8. The summed E-state index contributed by atoms with van der Waals surface area (Å²) in [5.41, 5.74) is 1.94. The van der Waals surface area contributed by atoms with Crippen molar-refractivity contribution in [2.24, 2.45) is 14.1 Å². The number of benzene rings is 1. The van der Waals surface area contributed by atoms with Crippen LogP contribution in [-0.4, -0.2) is 40.5 Å². The molecule has 1 aromatic carbocycles. The molecule has 0 aliphatic carbocycles. The summed E-state index contributed by atoms with van der Waals surface area (Å²) in [7, 11) is 3.56. The first kappa shape index (κ1) is 15.8. The number of nitrogens with zero attached hydrogens (tertiary/aromatic N) is 7. The minimum Gasteiger partial charge on any atom is -0.322 e. The first-order chi connectivity index (χ1) is 12.6. The number of aromatic nitrogens is 7. The third kappa shape index (κ3) is 2.75. The Morgan fingerprint density at radius 3 is 2.62 bits per heavy atom. The van der Waals surface area contributed by atoms with Crippen LogP contribution in [0.5, 0.6) is 0 Å². The average molecular weight is 348 g/mol. The van der Waals surface area contributed by atoms with E-state index in [4.69, 9.17) is 0 Å². The zero-order valence-corrected chi connectivity index (χ0v) is 14.2. The molecule has 0 saturated heterocycles. The molecule has 4 rings (SSSR count). The largest absolute Gasteiger partial charge is 0.322 e. The maximum Gasteiger partial charge on any atom is 0.261 e. The standard InChI is InChI=1S/C17H16N8O/c1-23-15(20-21-22-23)12-6-5-7-13(10-12)19-16(26)14-11-18-24(2)17(14)25-8-3-4-9-25/h3-11H,1-2H3,(H,19,26). The SMILES string of the molecule is Cn1nnnc1-c1cccc(NC(=O)c2cnn(C)c2-n2cccc2)c1. The first-order valence-corrected chi connectivity index (χ1v) is 7.93. The van der Waals surface area contributed by atoms with Crippen LogP contribution in [0.1, 0.15) is 10.4 Å². The molecule has 0 spiro atoms. The van der Waals surface area contributed by atoms with Crippen molar-refractivity contribution in [1.29, 1.82) is 0 Å². The summed E-state index contributed by atoms with van der Waals surface area (Å²) in [5, 5.41) is 18.6. The van der Waals surface area contributed by atoms with Crippen molar-refractivity contribution in [3.8, 4) is 17.2 Å². The fourth-order valence-corrected chi connectivity index (χ4v) is 2.78. The van der Waals surface area contributed by atoms with E-state index in [1.165, 1.54) is 0 Å². The van der Waals surface area contributed by atoms with E-state index in [0.717, 1.165) is 5.56 Å². The van der Waals surface area contributed by atoms with Crippen LogP contribution in [0.2, 0.25) is 0 Å². The molecule has 1 N–H and O–H groups in total. The van der Waals surface area contributed by atoms with Crippen LogP contribution in [0.15, 0.2) is 55.0 Å². The van der Waals surface area contributed by atoms with Gasteiger partial charge >= 0.3 is 0 Å². The number of rotatable bonds is 4. The lowest BCUT2D eigenvalue weighted by Gasteiger charge is -2.09. The van der Waals surface area contributed by atoms with Crippen LogP contribution in [0.25, 0.3) is 17.2 Å². The number of hydrogen-bond donors (Lipinski definition) is 1. The molecule has 9 heteroatoms. The fraction of sp³-hybridized carbons (Fsp3) is 0.118. The summed E-state index contributed by atoms with van der Waals surface area (Å²) < 4.78 is 5.09. The number of amides is 1. The highest BCUT2D eigenvalue weighted by atomic mass is 16.1. The van der Waals surface area contributed by atoms with Crippen molar-refractivity contribution in [3.05, 3.63) is 60.6 Å². The summed E-state index contributed by atoms with van der Waals surface area (Å²) in [6.07, 6.45) is 5.30. The highest BCUT2D eigenvalue weighted by molar-refractivity contribution is 6.06. The summed E-state index contributed by atoms with van der Waals surface area (Å²) in [6, 6.07) is 11.2. The number of anilines is 1. The van der Waals surface area contributed by atoms with Crippen LogP contribution in [-0.2, 0) is 14.1 Å². The Morgan fingerprint density at radius 1 is 1.08 bits per heavy atom. The Bertz CT molecular complexity index is 1060. The molecular weight excluding hydrogens is 332 g/mol. The van der Waals surface area contributed by atoms with E-state index in [9.17, 15) is 4.79 Å². The molecule has 0 fully saturated rings. The monoisotopic (exact) mass is 348 g/mol. The molecule has 0 bridgehead atoms. The molecule has 130 valence electrons. The Hall–Kier alpha value is -3.75. The third-order valence-corrected chi connectivity index (χ3v) is 4.00. The molecule has 4 aromatic rings. The first-order valence-electron chi connectivity index (χ1n) is 7.93. The minimum absolute atomic E-state index is 0.241. The zero-order chi connectivity index (χ0) is 18.1. The fourth-order valence-electron chi connectivity index (χ4n) is 2.78. The van der Waals surface area contributed by atoms with E-state index in [2.05, 4.69) is 25.9 Å². The van der Waals surface area contributed by atoms with Crippen LogP contribution in [0, 0.1) is 0 Å². The van der Waals surface area contributed by atoms with Crippen LogP contribution < -0.4 is 5.32 Å². The molecule has 0 atom stereocenters. The normalized spacial score (nSPS) is 10.8. The highest BCUT2D eigenvalue weighted by Gasteiger charge is 2.18. The van der Waals surface area contributed by atoms with Crippen LogP contribution in [0.3, 0.4) is 0 Å². The van der Waals surface area contributed by atoms with Gasteiger partial charge in [0.25, 0.3) is 5.91 Å². The van der Waals surface area contributed by atoms with E-state index in [1.54, 1.807) is 29.7 Å². The quantitative estimate of drug-likeness (QED) is 0.605. The Kier molecular flexibility index (Phi) is 3.81. The van der Waals surface area contributed by atoms with Gasteiger partial charge in [-0.15, -0.1) is 5.10 Å². The Labute approximate surface area is 148 Å². The van der Waals surface area contributed by atoms with Gasteiger partial charge in [-0.05, 0) is 34.7 Å². The summed E-state index contributed by atoms with van der Waals surface area (Å²) >= 11 is 0. The smallest absolute Gasteiger partial charge is 0.261 e. The van der Waals surface area contributed by atoms with Crippen molar-refractivity contribution in [1.82, 2.24) is 34.6 Å². The molecule has 3 aromatic heterocycles. The van der Waals surface area contributed by atoms with Gasteiger partial charge in [0.05, 0.1) is 6.20 Å². The topological polar surface area (TPSA) is 95.5 Å². The molecule has 0 radical (unpaired) electrons. The minimum atomic E-state index is -0.241. The highest BCUT2D eigenvalue weighted by Crippen LogP contribution is 2.21. The molecule has 0 saturated carbocycles. The van der Waals surface area contributed by atoms with E-state index >= 15 is 0 Å². The van der Waals surface area contributed by atoms with Crippen molar-refractivity contribution >= 4 is 11.6 Å². The maximum absolute atomic E-state index is 12.8. The zero-order valence-electron chi connectivity index (χ0n) is 14.2. The van der Waals surface area contributed by atoms with Crippen LogP contribution in [0.4, 0.5) is 5.69 Å². The lowest BCUT2D eigenvalue weighted by atomic mass is 10.2. The second kappa shape index (κ2) is 6.28. The van der Waals surface area contributed by atoms with Crippen molar-refractivity contribution in [2.45, 2.75) is 0 Å². The van der Waals surface area contributed by atoms with Gasteiger partial charge in [0.15, 0.2) is 5.82 Å². The second-order valence-electron chi connectivity index (χ2n) is 5.76. The third-order valence-electron chi connectivity index (χ3n) is 4.00. The molecule has 9 nitrogen and oxygen atoms in total. The average Bonchev–Trinajstić information content (AvgIpc) is 3.35. The van der Waals surface area contributed by atoms with E-state index < -0.39 is 0 Å². The van der Waals surface area contributed by atoms with Gasteiger partial charge in [-0.2, -0.15) is 5.10 Å². The van der Waals surface area contributed by atoms with Gasteiger partial charge in [0.1, 0.15) is 11.4 Å². The lowest BCUT2D eigenvalue weighted by Crippen LogP contribution is -2.15. The molecule has 0 aliphatic heterocycles. The molecular formula is C17H16N8O. The van der Waals surface area contributed by atoms with Gasteiger partial charge in [-0.1, -0.05) is 12.1 Å². The maximum atomic E-state index is 12.8. The van der Waals surface area contributed by atoms with Gasteiger partial charge in [0, 0.05) is 37.7 Å². The molecule has 0 unspecified atom stereocenters. The Balaban J connectivity index is 1.63. The lowest BCUT2D eigenvalue weighted by molar-refractivity contribution is 0.102. The summed E-state index contributed by atoms with van der Waals surface area (Å²) in [6.45, 7) is 0. The number of tetrazole rings is 1. The predicted octanol–water partition coefficient (Wildman–Crippen LogP) is 1.65. The number of carbonyl (C=O) groups excluding carboxylic acids is 1. The van der Waals surface area contributed by atoms with Gasteiger partial charge < -0.3 is 9.88 Å².